The van der Waals surface area contributed by atoms with Crippen LogP contribution in [0.3, 0.4) is 0 Å². The van der Waals surface area contributed by atoms with Crippen LogP contribution in [0.15, 0.2) is 33.3 Å². The molecular formula is C12H11Br2N. The van der Waals surface area contributed by atoms with Gasteiger partial charge >= 0.3 is 0 Å². The van der Waals surface area contributed by atoms with Crippen LogP contribution in [0, 0.1) is 0 Å². The van der Waals surface area contributed by atoms with E-state index < -0.39 is 0 Å². The van der Waals surface area contributed by atoms with Crippen molar-refractivity contribution < 1.29 is 0 Å². The van der Waals surface area contributed by atoms with E-state index in [1.165, 1.54) is 17.4 Å². The summed E-state index contributed by atoms with van der Waals surface area (Å²) in [5.41, 5.74) is 2.40. The van der Waals surface area contributed by atoms with Crippen molar-refractivity contribution in [1.82, 2.24) is 4.98 Å². The summed E-state index contributed by atoms with van der Waals surface area (Å²) >= 11 is 7.05. The second kappa shape index (κ2) is 4.62. The average Bonchev–Trinajstić information content (AvgIpc) is 2.25. The fourth-order valence-corrected chi connectivity index (χ4v) is 2.36. The van der Waals surface area contributed by atoms with Crippen molar-refractivity contribution >= 4 is 42.8 Å². The van der Waals surface area contributed by atoms with Crippen LogP contribution in [0.1, 0.15) is 18.9 Å². The lowest BCUT2D eigenvalue weighted by atomic mass is 10.1. The minimum absolute atomic E-state index is 1.00. The summed E-state index contributed by atoms with van der Waals surface area (Å²) < 4.78 is 2.09. The van der Waals surface area contributed by atoms with Crippen LogP contribution in [0.5, 0.6) is 0 Å². The maximum atomic E-state index is 4.37. The van der Waals surface area contributed by atoms with Crippen molar-refractivity contribution in [3.63, 3.8) is 0 Å². The fraction of sp³-hybridized carbons (Fsp3) is 0.250. The summed E-state index contributed by atoms with van der Waals surface area (Å²) in [5, 5.41) is 1.18. The number of halogens is 2. The van der Waals surface area contributed by atoms with Gasteiger partial charge < -0.3 is 0 Å². The number of aromatic nitrogens is 1. The second-order valence-electron chi connectivity index (χ2n) is 3.52. The maximum absolute atomic E-state index is 4.37. The molecule has 0 aliphatic rings. The van der Waals surface area contributed by atoms with Gasteiger partial charge in [-0.25, -0.2) is 0 Å². The van der Waals surface area contributed by atoms with E-state index >= 15 is 0 Å². The van der Waals surface area contributed by atoms with Crippen molar-refractivity contribution in [3.05, 3.63) is 38.9 Å². The molecule has 0 amide bonds. The summed E-state index contributed by atoms with van der Waals surface area (Å²) in [4.78, 5) is 4.37. The quantitative estimate of drug-likeness (QED) is 0.777. The van der Waals surface area contributed by atoms with Gasteiger partial charge in [-0.15, -0.1) is 0 Å². The number of rotatable bonds is 2. The first-order valence-electron chi connectivity index (χ1n) is 4.95. The van der Waals surface area contributed by atoms with Crippen LogP contribution < -0.4 is 0 Å². The van der Waals surface area contributed by atoms with Crippen LogP contribution in [0.25, 0.3) is 10.9 Å². The third kappa shape index (κ3) is 2.23. The zero-order valence-corrected chi connectivity index (χ0v) is 11.6. The minimum atomic E-state index is 1.00. The smallest absolute Gasteiger partial charge is 0.0714 e. The van der Waals surface area contributed by atoms with E-state index in [2.05, 4.69) is 62.0 Å². The molecule has 0 spiro atoms. The molecule has 0 saturated heterocycles. The van der Waals surface area contributed by atoms with E-state index in [0.717, 1.165) is 20.9 Å². The molecule has 0 radical (unpaired) electrons. The number of pyridine rings is 1. The molecule has 1 heterocycles. The summed E-state index contributed by atoms with van der Waals surface area (Å²) in [6, 6.07) is 6.44. The van der Waals surface area contributed by atoms with Crippen LogP contribution in [0.4, 0.5) is 0 Å². The first-order chi connectivity index (χ1) is 7.22. The molecule has 0 saturated carbocycles. The Kier molecular flexibility index (Phi) is 3.42. The van der Waals surface area contributed by atoms with Crippen LogP contribution in [0.2, 0.25) is 0 Å². The van der Waals surface area contributed by atoms with Gasteiger partial charge in [0.2, 0.25) is 0 Å². The first-order valence-corrected chi connectivity index (χ1v) is 6.53. The van der Waals surface area contributed by atoms with Crippen LogP contribution >= 0.6 is 31.9 Å². The van der Waals surface area contributed by atoms with E-state index in [1.807, 2.05) is 6.20 Å². The molecule has 0 aliphatic carbocycles. The molecule has 0 fully saturated rings. The van der Waals surface area contributed by atoms with Gasteiger partial charge in [-0.05, 0) is 56.0 Å². The normalized spacial score (nSPS) is 10.9. The van der Waals surface area contributed by atoms with Gasteiger partial charge in [-0.2, -0.15) is 0 Å². The second-order valence-corrected chi connectivity index (χ2v) is 5.17. The summed E-state index contributed by atoms with van der Waals surface area (Å²) in [7, 11) is 0. The fourth-order valence-electron chi connectivity index (χ4n) is 1.63. The van der Waals surface area contributed by atoms with Crippen molar-refractivity contribution in [1.29, 1.82) is 0 Å². The van der Waals surface area contributed by atoms with Gasteiger partial charge in [0, 0.05) is 16.1 Å². The number of aryl methyl sites for hydroxylation is 1. The number of nitrogens with zero attached hydrogens (tertiary/aromatic N) is 1. The van der Waals surface area contributed by atoms with Crippen molar-refractivity contribution in [2.75, 3.05) is 0 Å². The minimum Gasteiger partial charge on any atom is -0.255 e. The Balaban J connectivity index is 2.63. The molecule has 0 unspecified atom stereocenters. The Morgan fingerprint density at radius 1 is 1.27 bits per heavy atom. The molecule has 1 aromatic heterocycles. The van der Waals surface area contributed by atoms with Gasteiger partial charge in [0.25, 0.3) is 0 Å². The Bertz CT molecular complexity index is 494. The predicted molar refractivity (Wildman–Crippen MR) is 71.1 cm³/mol. The average molecular weight is 329 g/mol. The largest absolute Gasteiger partial charge is 0.255 e. The molecule has 0 atom stereocenters. The Labute approximate surface area is 106 Å². The Hall–Kier alpha value is -0.410. The highest BCUT2D eigenvalue weighted by Gasteiger charge is 2.04. The number of hydrogen-bond acceptors (Lipinski definition) is 1. The van der Waals surface area contributed by atoms with Crippen molar-refractivity contribution in [2.45, 2.75) is 19.8 Å². The summed E-state index contributed by atoms with van der Waals surface area (Å²) in [6.07, 6.45) is 4.12. The molecular weight excluding hydrogens is 318 g/mol. The van der Waals surface area contributed by atoms with E-state index in [0.29, 0.717) is 0 Å². The van der Waals surface area contributed by atoms with Gasteiger partial charge in [0.05, 0.1) is 9.99 Å². The highest BCUT2D eigenvalue weighted by molar-refractivity contribution is 9.13. The maximum Gasteiger partial charge on any atom is 0.0714 e. The molecule has 15 heavy (non-hydrogen) atoms. The van der Waals surface area contributed by atoms with Crippen LogP contribution in [-0.4, -0.2) is 4.98 Å². The van der Waals surface area contributed by atoms with Crippen LogP contribution in [-0.2, 0) is 6.42 Å². The Morgan fingerprint density at radius 2 is 2.07 bits per heavy atom. The van der Waals surface area contributed by atoms with E-state index in [9.17, 15) is 0 Å². The SMILES string of the molecule is CCCc1ccc2ncc(Br)c(Br)c2c1. The lowest BCUT2D eigenvalue weighted by Crippen LogP contribution is -1.86. The number of benzene rings is 1. The summed E-state index contributed by atoms with van der Waals surface area (Å²) in [5.74, 6) is 0. The van der Waals surface area contributed by atoms with Gasteiger partial charge in [-0.3, -0.25) is 4.98 Å². The summed E-state index contributed by atoms with van der Waals surface area (Å²) in [6.45, 7) is 2.19. The molecule has 3 heteroatoms. The van der Waals surface area contributed by atoms with E-state index in [4.69, 9.17) is 0 Å². The van der Waals surface area contributed by atoms with Crippen molar-refractivity contribution in [3.8, 4) is 0 Å². The third-order valence-corrected chi connectivity index (χ3v) is 4.35. The molecule has 2 aromatic rings. The lowest BCUT2D eigenvalue weighted by molar-refractivity contribution is 0.923. The molecule has 0 aliphatic heterocycles. The standard InChI is InChI=1S/C12H11Br2N/c1-2-3-8-4-5-11-9(6-8)12(14)10(13)7-15-11/h4-7H,2-3H2,1H3. The lowest BCUT2D eigenvalue weighted by Gasteiger charge is -2.05. The predicted octanol–water partition coefficient (Wildman–Crippen LogP) is 4.71. The number of hydrogen-bond donors (Lipinski definition) is 0. The monoisotopic (exact) mass is 327 g/mol. The molecule has 2 rings (SSSR count). The Morgan fingerprint density at radius 3 is 2.80 bits per heavy atom. The van der Waals surface area contributed by atoms with E-state index in [1.54, 1.807) is 0 Å². The van der Waals surface area contributed by atoms with Gasteiger partial charge in [0.15, 0.2) is 0 Å². The highest BCUT2D eigenvalue weighted by atomic mass is 79.9. The molecule has 1 nitrogen and oxygen atoms in total. The molecule has 0 bridgehead atoms. The topological polar surface area (TPSA) is 12.9 Å². The first kappa shape index (κ1) is 11.1. The molecule has 1 aromatic carbocycles. The molecule has 78 valence electrons. The van der Waals surface area contributed by atoms with Gasteiger partial charge in [0.1, 0.15) is 0 Å². The van der Waals surface area contributed by atoms with E-state index in [-0.39, 0.29) is 0 Å². The third-order valence-electron chi connectivity index (χ3n) is 2.36. The zero-order chi connectivity index (χ0) is 10.8. The van der Waals surface area contributed by atoms with Crippen molar-refractivity contribution in [2.24, 2.45) is 0 Å². The molecule has 0 N–H and O–H groups in total. The zero-order valence-electron chi connectivity index (χ0n) is 8.43. The number of fused-ring (bicyclic) bond motifs is 1. The van der Waals surface area contributed by atoms with Gasteiger partial charge in [-0.1, -0.05) is 19.4 Å². The highest BCUT2D eigenvalue weighted by Crippen LogP contribution is 2.30.